The second kappa shape index (κ2) is 7.37. The van der Waals surface area contributed by atoms with Gasteiger partial charge in [0.15, 0.2) is 0 Å². The zero-order valence-electron chi connectivity index (χ0n) is 8.69. The van der Waals surface area contributed by atoms with Crippen molar-refractivity contribution in [1.82, 2.24) is 0 Å². The van der Waals surface area contributed by atoms with Gasteiger partial charge in [-0.1, -0.05) is 13.3 Å². The van der Waals surface area contributed by atoms with E-state index in [0.717, 1.165) is 6.42 Å². The first-order valence-corrected chi connectivity index (χ1v) is 6.74. The molecule has 0 aromatic carbocycles. The molecule has 14 heavy (non-hydrogen) atoms. The highest BCUT2D eigenvalue weighted by Gasteiger charge is 2.21. The van der Waals surface area contributed by atoms with E-state index in [4.69, 9.17) is 16.0 Å². The molecular weight excluding hydrogens is 203 g/mol. The van der Waals surface area contributed by atoms with Crippen LogP contribution in [0.1, 0.15) is 32.6 Å². The van der Waals surface area contributed by atoms with E-state index < -0.39 is 13.8 Å². The van der Waals surface area contributed by atoms with Gasteiger partial charge in [-0.2, -0.15) is 0 Å². The molecule has 0 fully saturated rings. The molecule has 2 atom stereocenters. The van der Waals surface area contributed by atoms with Crippen LogP contribution in [0.5, 0.6) is 0 Å². The Morgan fingerprint density at radius 1 is 1.50 bits per heavy atom. The lowest BCUT2D eigenvalue weighted by Crippen LogP contribution is -2.24. The van der Waals surface area contributed by atoms with Crippen molar-refractivity contribution >= 4 is 7.60 Å². The van der Waals surface area contributed by atoms with Crippen molar-refractivity contribution in [3.05, 3.63) is 0 Å². The minimum absolute atomic E-state index is 0.180. The lowest BCUT2D eigenvalue weighted by molar-refractivity contribution is 0.169. The van der Waals surface area contributed by atoms with E-state index in [2.05, 4.69) is 0 Å². The number of unbranched alkanes of at least 4 members (excludes halogenated alkanes) is 1. The molecule has 0 aromatic rings. The van der Waals surface area contributed by atoms with Crippen LogP contribution < -0.4 is 11.5 Å². The summed E-state index contributed by atoms with van der Waals surface area (Å²) in [6.45, 7) is 2.47. The van der Waals surface area contributed by atoms with Gasteiger partial charge < -0.3 is 16.4 Å². The van der Waals surface area contributed by atoms with Crippen LogP contribution in [-0.4, -0.2) is 23.8 Å². The van der Waals surface area contributed by atoms with Gasteiger partial charge in [-0.3, -0.25) is 9.09 Å². The van der Waals surface area contributed by atoms with Gasteiger partial charge in [0.2, 0.25) is 0 Å². The number of hydrogen-bond donors (Lipinski definition) is 3. The van der Waals surface area contributed by atoms with Gasteiger partial charge in [-0.05, 0) is 25.8 Å². The maximum atomic E-state index is 11.4. The van der Waals surface area contributed by atoms with E-state index in [1.807, 2.05) is 6.92 Å². The third-order valence-corrected chi connectivity index (χ3v) is 3.27. The van der Waals surface area contributed by atoms with E-state index in [9.17, 15) is 9.46 Å². The quantitative estimate of drug-likeness (QED) is 0.422. The molecule has 0 saturated heterocycles. The second-order valence-corrected chi connectivity index (χ2v) is 5.22. The highest BCUT2D eigenvalue weighted by molar-refractivity contribution is 7.52. The van der Waals surface area contributed by atoms with Gasteiger partial charge in [-0.25, -0.2) is 0 Å². The topological polar surface area (TPSA) is 98.6 Å². The van der Waals surface area contributed by atoms with Crippen LogP contribution in [0.2, 0.25) is 0 Å². The van der Waals surface area contributed by atoms with Crippen molar-refractivity contribution in [3.8, 4) is 0 Å². The first-order valence-electron chi connectivity index (χ1n) is 4.97. The lowest BCUT2D eigenvalue weighted by atomic mass is 10.3. The van der Waals surface area contributed by atoms with Crippen molar-refractivity contribution in [2.24, 2.45) is 11.5 Å². The summed E-state index contributed by atoms with van der Waals surface area (Å²) in [5.74, 6) is 0. The number of rotatable bonds is 8. The summed E-state index contributed by atoms with van der Waals surface area (Å²) in [7, 11) is -3.47. The lowest BCUT2D eigenvalue weighted by Gasteiger charge is -2.17. The Balaban J connectivity index is 3.76. The molecule has 2 unspecified atom stereocenters. The van der Waals surface area contributed by atoms with Crippen LogP contribution in [0.4, 0.5) is 0 Å². The Kier molecular flexibility index (Phi) is 7.41. The van der Waals surface area contributed by atoms with E-state index in [-0.39, 0.29) is 6.16 Å². The zero-order valence-corrected chi connectivity index (χ0v) is 9.58. The van der Waals surface area contributed by atoms with Crippen LogP contribution in [0.25, 0.3) is 0 Å². The highest BCUT2D eigenvalue weighted by Crippen LogP contribution is 2.43. The molecular formula is C8H21N2O3P. The molecule has 0 bridgehead atoms. The van der Waals surface area contributed by atoms with Crippen LogP contribution in [-0.2, 0) is 9.09 Å². The SMILES string of the molecule is CCCCP(=O)(O)OC(N)CCCN. The van der Waals surface area contributed by atoms with Crippen LogP contribution >= 0.6 is 7.60 Å². The smallest absolute Gasteiger partial charge is 0.329 e. The van der Waals surface area contributed by atoms with Gasteiger partial charge in [0.25, 0.3) is 0 Å². The summed E-state index contributed by atoms with van der Waals surface area (Å²) in [5.41, 5.74) is 10.8. The Labute approximate surface area is 85.3 Å². The fourth-order valence-corrected chi connectivity index (χ4v) is 2.34. The van der Waals surface area contributed by atoms with Crippen LogP contribution in [0.15, 0.2) is 0 Å². The second-order valence-electron chi connectivity index (χ2n) is 3.29. The fourth-order valence-electron chi connectivity index (χ4n) is 0.994. The summed E-state index contributed by atoms with van der Waals surface area (Å²) in [6, 6.07) is 0. The summed E-state index contributed by atoms with van der Waals surface area (Å²) < 4.78 is 16.2. The van der Waals surface area contributed by atoms with Crippen molar-refractivity contribution in [2.75, 3.05) is 12.7 Å². The molecule has 5 nitrogen and oxygen atoms in total. The summed E-state index contributed by atoms with van der Waals surface area (Å²) in [6.07, 6.45) is 2.27. The molecule has 0 rings (SSSR count). The maximum Gasteiger partial charge on any atom is 0.329 e. The first-order chi connectivity index (χ1) is 6.52. The monoisotopic (exact) mass is 224 g/mol. The third-order valence-electron chi connectivity index (χ3n) is 1.79. The molecule has 0 aliphatic heterocycles. The van der Waals surface area contributed by atoms with Crippen molar-refractivity contribution < 1.29 is 14.0 Å². The summed E-state index contributed by atoms with van der Waals surface area (Å²) in [4.78, 5) is 9.34. The molecule has 5 N–H and O–H groups in total. The molecule has 0 aromatic heterocycles. The molecule has 0 amide bonds. The number of nitrogens with two attached hydrogens (primary N) is 2. The fraction of sp³-hybridized carbons (Fsp3) is 1.00. The summed E-state index contributed by atoms with van der Waals surface area (Å²) >= 11 is 0. The van der Waals surface area contributed by atoms with E-state index >= 15 is 0 Å². The zero-order chi connectivity index (χ0) is 11.0. The van der Waals surface area contributed by atoms with E-state index in [1.54, 1.807) is 0 Å². The predicted octanol–water partition coefficient (Wildman–Crippen LogP) is 1.01. The highest BCUT2D eigenvalue weighted by atomic mass is 31.2. The number of hydrogen-bond acceptors (Lipinski definition) is 4. The molecule has 0 saturated carbocycles. The van der Waals surface area contributed by atoms with Crippen molar-refractivity contribution in [3.63, 3.8) is 0 Å². The minimum Gasteiger partial charge on any atom is -0.330 e. The third kappa shape index (κ3) is 7.47. The van der Waals surface area contributed by atoms with Gasteiger partial charge in [-0.15, -0.1) is 0 Å². The van der Waals surface area contributed by atoms with Crippen LogP contribution in [0, 0.1) is 0 Å². The van der Waals surface area contributed by atoms with Gasteiger partial charge in [0.1, 0.15) is 6.23 Å². The molecule has 0 radical (unpaired) electrons. The molecule has 86 valence electrons. The molecule has 0 heterocycles. The standard InChI is InChI=1S/C8H21N2O3P/c1-2-3-7-14(11,12)13-8(10)5-4-6-9/h8H,2-7,9-10H2,1H3,(H,11,12). The molecule has 6 heteroatoms. The van der Waals surface area contributed by atoms with Gasteiger partial charge in [0, 0.05) is 0 Å². The van der Waals surface area contributed by atoms with E-state index in [0.29, 0.717) is 25.8 Å². The van der Waals surface area contributed by atoms with Crippen molar-refractivity contribution in [1.29, 1.82) is 0 Å². The Bertz CT molecular complexity index is 189. The minimum atomic E-state index is -3.47. The van der Waals surface area contributed by atoms with Gasteiger partial charge >= 0.3 is 7.60 Å². The Morgan fingerprint density at radius 3 is 2.64 bits per heavy atom. The normalized spacial score (nSPS) is 17.7. The van der Waals surface area contributed by atoms with E-state index in [1.165, 1.54) is 0 Å². The average molecular weight is 224 g/mol. The molecule has 0 aliphatic carbocycles. The van der Waals surface area contributed by atoms with Gasteiger partial charge in [0.05, 0.1) is 6.16 Å². The Hall–Kier alpha value is 0.0700. The predicted molar refractivity (Wildman–Crippen MR) is 56.9 cm³/mol. The maximum absolute atomic E-state index is 11.4. The van der Waals surface area contributed by atoms with Crippen LogP contribution in [0.3, 0.4) is 0 Å². The Morgan fingerprint density at radius 2 is 2.14 bits per heavy atom. The van der Waals surface area contributed by atoms with Crippen molar-refractivity contribution in [2.45, 2.75) is 38.8 Å². The average Bonchev–Trinajstić information content (AvgIpc) is 2.11. The first kappa shape index (κ1) is 14.1. The largest absolute Gasteiger partial charge is 0.330 e. The summed E-state index contributed by atoms with van der Waals surface area (Å²) in [5, 5.41) is 0. The molecule has 0 spiro atoms. The molecule has 0 aliphatic rings.